The number of thiazole rings is 1. The third-order valence-electron chi connectivity index (χ3n) is 1.28. The van der Waals surface area contributed by atoms with Crippen LogP contribution >= 0.6 is 22.9 Å². The maximum absolute atomic E-state index is 11.3. The summed E-state index contributed by atoms with van der Waals surface area (Å²) in [6, 6.07) is 0. The average Bonchev–Trinajstić information content (AvgIpc) is 2.44. The highest BCUT2D eigenvalue weighted by molar-refractivity contribution is 7.19. The molecule has 1 aromatic heterocycles. The van der Waals surface area contributed by atoms with Crippen LogP contribution < -0.4 is 5.73 Å². The molecule has 76 valence electrons. The van der Waals surface area contributed by atoms with E-state index >= 15 is 0 Å². The van der Waals surface area contributed by atoms with Crippen molar-refractivity contribution in [1.29, 1.82) is 0 Å². The Kier molecular flexibility index (Phi) is 3.43. The molecule has 0 aliphatic heterocycles. The number of anilines is 1. The quantitative estimate of drug-likeness (QED) is 0.482. The zero-order valence-corrected chi connectivity index (χ0v) is 8.82. The summed E-state index contributed by atoms with van der Waals surface area (Å²) in [5.74, 6) is -1.84. The van der Waals surface area contributed by atoms with Crippen LogP contribution in [0.1, 0.15) is 17.4 Å². The first kappa shape index (κ1) is 10.9. The lowest BCUT2D eigenvalue weighted by molar-refractivity contribution is -0.137. The first-order valence-electron chi connectivity index (χ1n) is 3.69. The lowest BCUT2D eigenvalue weighted by Crippen LogP contribution is -2.18. The number of nitrogens with zero attached hydrogens (tertiary/aromatic N) is 1. The van der Waals surface area contributed by atoms with E-state index in [1.54, 1.807) is 6.92 Å². The molecule has 0 unspecified atom stereocenters. The summed E-state index contributed by atoms with van der Waals surface area (Å²) in [5.41, 5.74) is 5.16. The van der Waals surface area contributed by atoms with Gasteiger partial charge in [-0.25, -0.2) is 9.78 Å². The molecule has 0 aliphatic rings. The minimum Gasteiger partial charge on any atom is -0.460 e. The topological polar surface area (TPSA) is 82.3 Å². The Bertz CT molecular complexity index is 377. The lowest BCUT2D eigenvalue weighted by Gasteiger charge is -1.97. The predicted octanol–water partition coefficient (Wildman–Crippen LogP) is 1.12. The molecule has 0 aromatic carbocycles. The lowest BCUT2D eigenvalue weighted by atomic mass is 10.3. The smallest absolute Gasteiger partial charge is 0.381 e. The number of halogens is 1. The van der Waals surface area contributed by atoms with Crippen molar-refractivity contribution in [3.63, 3.8) is 0 Å². The second kappa shape index (κ2) is 4.39. The number of ether oxygens (including phenoxy) is 1. The second-order valence-corrected chi connectivity index (χ2v) is 3.86. The molecular weight excluding hydrogens is 228 g/mol. The van der Waals surface area contributed by atoms with Crippen LogP contribution in [-0.4, -0.2) is 23.3 Å². The van der Waals surface area contributed by atoms with Crippen LogP contribution in [0.4, 0.5) is 5.13 Å². The molecule has 7 heteroatoms. The van der Waals surface area contributed by atoms with Crippen LogP contribution in [0.5, 0.6) is 0 Å². The molecule has 0 amide bonds. The summed E-state index contributed by atoms with van der Waals surface area (Å²) < 4.78 is 4.60. The fraction of sp³-hybridized carbons (Fsp3) is 0.286. The zero-order chi connectivity index (χ0) is 10.7. The Morgan fingerprint density at radius 2 is 2.29 bits per heavy atom. The molecule has 0 saturated heterocycles. The van der Waals surface area contributed by atoms with Gasteiger partial charge in [0.1, 0.15) is 4.34 Å². The van der Waals surface area contributed by atoms with Gasteiger partial charge < -0.3 is 10.5 Å². The van der Waals surface area contributed by atoms with Crippen LogP contribution in [0.3, 0.4) is 0 Å². The fourth-order valence-electron chi connectivity index (χ4n) is 0.750. The molecule has 0 bridgehead atoms. The van der Waals surface area contributed by atoms with Gasteiger partial charge in [-0.3, -0.25) is 4.79 Å². The van der Waals surface area contributed by atoms with Gasteiger partial charge in [-0.15, -0.1) is 0 Å². The van der Waals surface area contributed by atoms with Gasteiger partial charge in [0.05, 0.1) is 6.61 Å². The molecular formula is C7H7ClN2O3S. The Hall–Kier alpha value is -1.14. The Labute approximate surface area is 88.8 Å². The van der Waals surface area contributed by atoms with Gasteiger partial charge in [-0.1, -0.05) is 22.9 Å². The van der Waals surface area contributed by atoms with E-state index in [1.807, 2.05) is 0 Å². The maximum Gasteiger partial charge on any atom is 0.381 e. The van der Waals surface area contributed by atoms with E-state index in [4.69, 9.17) is 17.3 Å². The zero-order valence-electron chi connectivity index (χ0n) is 7.24. The van der Waals surface area contributed by atoms with Crippen molar-refractivity contribution >= 4 is 39.8 Å². The molecule has 0 saturated carbocycles. The number of nitrogens with two attached hydrogens (primary N) is 1. The van der Waals surface area contributed by atoms with Crippen LogP contribution in [0, 0.1) is 0 Å². The molecule has 14 heavy (non-hydrogen) atoms. The fourth-order valence-corrected chi connectivity index (χ4v) is 1.67. The summed E-state index contributed by atoms with van der Waals surface area (Å²) >= 11 is 6.57. The number of carbonyl (C=O) groups excluding carboxylic acids is 2. The molecule has 0 spiro atoms. The monoisotopic (exact) mass is 234 g/mol. The van der Waals surface area contributed by atoms with Gasteiger partial charge in [0.15, 0.2) is 10.8 Å². The van der Waals surface area contributed by atoms with Crippen LogP contribution in [0.25, 0.3) is 0 Å². The molecule has 0 radical (unpaired) electrons. The van der Waals surface area contributed by atoms with E-state index in [0.717, 1.165) is 11.3 Å². The number of hydrogen-bond acceptors (Lipinski definition) is 6. The first-order chi connectivity index (χ1) is 6.56. The van der Waals surface area contributed by atoms with E-state index in [-0.39, 0.29) is 21.8 Å². The predicted molar refractivity (Wildman–Crippen MR) is 52.5 cm³/mol. The Balaban J connectivity index is 2.89. The number of nitrogen functional groups attached to an aromatic ring is 1. The minimum atomic E-state index is -0.973. The molecule has 1 aromatic rings. The second-order valence-electron chi connectivity index (χ2n) is 2.22. The molecule has 0 atom stereocenters. The summed E-state index contributed by atoms with van der Waals surface area (Å²) in [7, 11) is 0. The average molecular weight is 235 g/mol. The maximum atomic E-state index is 11.3. The van der Waals surface area contributed by atoms with Crippen molar-refractivity contribution < 1.29 is 14.3 Å². The van der Waals surface area contributed by atoms with Crippen molar-refractivity contribution in [2.24, 2.45) is 0 Å². The van der Waals surface area contributed by atoms with Crippen LogP contribution in [0.15, 0.2) is 0 Å². The highest BCUT2D eigenvalue weighted by atomic mass is 35.5. The number of aromatic nitrogens is 1. The van der Waals surface area contributed by atoms with Gasteiger partial charge in [-0.05, 0) is 6.92 Å². The van der Waals surface area contributed by atoms with E-state index in [0.29, 0.717) is 0 Å². The van der Waals surface area contributed by atoms with E-state index in [1.165, 1.54) is 0 Å². The molecule has 2 N–H and O–H groups in total. The molecule has 1 heterocycles. The normalized spacial score (nSPS) is 9.86. The standard InChI is InChI=1S/C7H7ClN2O3S/c1-2-13-6(12)4(11)3-5(8)14-7(9)10-3/h2H2,1H3,(H2,9,10). The van der Waals surface area contributed by atoms with Gasteiger partial charge >= 0.3 is 5.97 Å². The van der Waals surface area contributed by atoms with E-state index in [2.05, 4.69) is 9.72 Å². The van der Waals surface area contributed by atoms with E-state index < -0.39 is 11.8 Å². The molecule has 0 fully saturated rings. The highest BCUT2D eigenvalue weighted by Crippen LogP contribution is 2.26. The SMILES string of the molecule is CCOC(=O)C(=O)c1nc(N)sc1Cl. The van der Waals surface area contributed by atoms with Crippen molar-refractivity contribution in [3.8, 4) is 0 Å². The first-order valence-corrected chi connectivity index (χ1v) is 4.89. The summed E-state index contributed by atoms with van der Waals surface area (Å²) in [6.45, 7) is 1.73. The minimum absolute atomic E-state index is 0.0977. The van der Waals surface area contributed by atoms with Crippen LogP contribution in [0.2, 0.25) is 4.34 Å². The van der Waals surface area contributed by atoms with Crippen LogP contribution in [-0.2, 0) is 9.53 Å². The number of carbonyl (C=O) groups is 2. The Morgan fingerprint density at radius 1 is 1.64 bits per heavy atom. The Morgan fingerprint density at radius 3 is 2.71 bits per heavy atom. The number of Topliss-reactive ketones (excluding diaryl/α,β-unsaturated/α-hetero) is 1. The van der Waals surface area contributed by atoms with Gasteiger partial charge in [0, 0.05) is 0 Å². The van der Waals surface area contributed by atoms with Crippen molar-refractivity contribution in [3.05, 3.63) is 10.0 Å². The highest BCUT2D eigenvalue weighted by Gasteiger charge is 2.24. The van der Waals surface area contributed by atoms with Crippen molar-refractivity contribution in [1.82, 2.24) is 4.98 Å². The molecule has 0 aliphatic carbocycles. The third-order valence-corrected chi connectivity index (χ3v) is 2.36. The number of rotatable bonds is 3. The van der Waals surface area contributed by atoms with Gasteiger partial charge in [0.2, 0.25) is 0 Å². The number of esters is 1. The van der Waals surface area contributed by atoms with E-state index in [9.17, 15) is 9.59 Å². The number of hydrogen-bond donors (Lipinski definition) is 1. The summed E-state index contributed by atoms with van der Waals surface area (Å²) in [5, 5.41) is 0.141. The van der Waals surface area contributed by atoms with Gasteiger partial charge in [0.25, 0.3) is 5.78 Å². The van der Waals surface area contributed by atoms with Gasteiger partial charge in [-0.2, -0.15) is 0 Å². The van der Waals surface area contributed by atoms with Crippen molar-refractivity contribution in [2.75, 3.05) is 12.3 Å². The molecule has 1 rings (SSSR count). The largest absolute Gasteiger partial charge is 0.460 e. The van der Waals surface area contributed by atoms with Crippen molar-refractivity contribution in [2.45, 2.75) is 6.92 Å². The summed E-state index contributed by atoms with van der Waals surface area (Å²) in [6.07, 6.45) is 0. The summed E-state index contributed by atoms with van der Waals surface area (Å²) in [4.78, 5) is 25.9. The third kappa shape index (κ3) is 2.21. The number of ketones is 1. The molecule has 5 nitrogen and oxygen atoms in total.